The van der Waals surface area contributed by atoms with Crippen LogP contribution < -0.4 is 15.4 Å². The lowest BCUT2D eigenvalue weighted by atomic mass is 10.1. The van der Waals surface area contributed by atoms with E-state index in [1.54, 1.807) is 12.0 Å². The van der Waals surface area contributed by atoms with Gasteiger partial charge in [-0.2, -0.15) is 13.2 Å². The van der Waals surface area contributed by atoms with Crippen molar-refractivity contribution in [2.24, 2.45) is 5.14 Å². The fraction of sp³-hybridized carbons (Fsp3) is 0.400. The molecule has 12 heteroatoms. The molecule has 1 aromatic carbocycles. The minimum Gasteiger partial charge on any atom is -0.381 e. The third-order valence-electron chi connectivity index (χ3n) is 5.17. The highest BCUT2D eigenvalue weighted by atomic mass is 32.2. The summed E-state index contributed by atoms with van der Waals surface area (Å²) in [5, 5.41) is 7.55. The average Bonchev–Trinajstić information content (AvgIpc) is 2.98. The summed E-state index contributed by atoms with van der Waals surface area (Å²) in [6, 6.07) is 5.89. The highest BCUT2D eigenvalue weighted by molar-refractivity contribution is 7.89. The fourth-order valence-electron chi connectivity index (χ4n) is 3.49. The molecule has 32 heavy (non-hydrogen) atoms. The van der Waals surface area contributed by atoms with E-state index in [0.717, 1.165) is 25.0 Å². The predicted octanol–water partition coefficient (Wildman–Crippen LogP) is 3.01. The van der Waals surface area contributed by atoms with Crippen LogP contribution in [0.5, 0.6) is 0 Å². The Labute approximate surface area is 183 Å². The van der Waals surface area contributed by atoms with Crippen molar-refractivity contribution in [2.45, 2.75) is 36.4 Å². The SMILES string of the molecule is COC1CCCN(c2ncc(C(F)(F)F)cc2C(=O)Nc2cccc(S(N)(=O)=O)c2)CC1. The molecule has 1 unspecified atom stereocenters. The predicted molar refractivity (Wildman–Crippen MR) is 112 cm³/mol. The molecular formula is C20H23F3N4O4S. The lowest BCUT2D eigenvalue weighted by molar-refractivity contribution is -0.137. The standard InChI is InChI=1S/C20H23F3N4O4S/c1-31-15-5-3-8-27(9-7-15)18-17(10-13(12-25-18)20(21,22)23)19(28)26-14-4-2-6-16(11-14)32(24,29)30/h2,4,6,10-12,15H,3,5,7-9H2,1H3,(H,26,28)(H2,24,29,30). The van der Waals surface area contributed by atoms with Gasteiger partial charge in [0.25, 0.3) is 5.91 Å². The van der Waals surface area contributed by atoms with Gasteiger partial charge in [-0.3, -0.25) is 4.79 Å². The average molecular weight is 472 g/mol. The lowest BCUT2D eigenvalue weighted by Gasteiger charge is -2.24. The Morgan fingerprint density at radius 1 is 1.25 bits per heavy atom. The molecule has 1 saturated heterocycles. The van der Waals surface area contributed by atoms with E-state index in [9.17, 15) is 26.4 Å². The summed E-state index contributed by atoms with van der Waals surface area (Å²) in [6.45, 7) is 0.956. The Morgan fingerprint density at radius 3 is 2.66 bits per heavy atom. The first-order chi connectivity index (χ1) is 15.0. The molecule has 1 atom stereocenters. The second-order valence-corrected chi connectivity index (χ2v) is 8.96. The molecule has 1 aromatic heterocycles. The molecule has 8 nitrogen and oxygen atoms in total. The normalized spacial score (nSPS) is 17.7. The van der Waals surface area contributed by atoms with Crippen molar-refractivity contribution in [3.05, 3.63) is 47.7 Å². The summed E-state index contributed by atoms with van der Waals surface area (Å²) in [4.78, 5) is 18.5. The minimum atomic E-state index is -4.69. The summed E-state index contributed by atoms with van der Waals surface area (Å²) in [5.41, 5.74) is -1.26. The number of nitrogens with two attached hydrogens (primary N) is 1. The monoisotopic (exact) mass is 472 g/mol. The number of amides is 1. The number of carbonyl (C=O) groups is 1. The van der Waals surface area contributed by atoms with Crippen molar-refractivity contribution >= 4 is 27.4 Å². The van der Waals surface area contributed by atoms with Gasteiger partial charge >= 0.3 is 6.18 Å². The van der Waals surface area contributed by atoms with Crippen molar-refractivity contribution < 1.29 is 31.1 Å². The number of ether oxygens (including phenoxy) is 1. The molecule has 0 spiro atoms. The molecule has 1 amide bonds. The molecule has 2 aromatic rings. The van der Waals surface area contributed by atoms with Crippen LogP contribution in [0.4, 0.5) is 24.7 Å². The van der Waals surface area contributed by atoms with Crippen molar-refractivity contribution in [2.75, 3.05) is 30.4 Å². The zero-order valence-electron chi connectivity index (χ0n) is 17.2. The number of nitrogens with zero attached hydrogens (tertiary/aromatic N) is 2. The summed E-state index contributed by atoms with van der Waals surface area (Å²) >= 11 is 0. The number of sulfonamides is 1. The number of hydrogen-bond acceptors (Lipinski definition) is 6. The quantitative estimate of drug-likeness (QED) is 0.692. The van der Waals surface area contributed by atoms with Gasteiger partial charge in [-0.1, -0.05) is 6.07 Å². The maximum atomic E-state index is 13.3. The molecule has 174 valence electrons. The Kier molecular flexibility index (Phi) is 7.06. The topological polar surface area (TPSA) is 115 Å². The largest absolute Gasteiger partial charge is 0.417 e. The van der Waals surface area contributed by atoms with Crippen LogP contribution in [0.15, 0.2) is 41.4 Å². The van der Waals surface area contributed by atoms with E-state index in [4.69, 9.17) is 9.88 Å². The van der Waals surface area contributed by atoms with E-state index < -0.39 is 27.7 Å². The smallest absolute Gasteiger partial charge is 0.381 e. The van der Waals surface area contributed by atoms with Crippen LogP contribution in [0.1, 0.15) is 35.2 Å². The molecule has 0 bridgehead atoms. The Balaban J connectivity index is 1.96. The number of primary sulfonamides is 1. The fourth-order valence-corrected chi connectivity index (χ4v) is 4.05. The number of nitrogens with one attached hydrogen (secondary N) is 1. The molecule has 3 N–H and O–H groups in total. The van der Waals surface area contributed by atoms with Crippen molar-refractivity contribution in [3.63, 3.8) is 0 Å². The number of hydrogen-bond donors (Lipinski definition) is 2. The number of alkyl halides is 3. The second-order valence-electron chi connectivity index (χ2n) is 7.40. The first kappa shape index (κ1) is 24.0. The summed E-state index contributed by atoms with van der Waals surface area (Å²) in [6.07, 6.45) is -1.82. The number of halogens is 3. The number of aromatic nitrogens is 1. The van der Waals surface area contributed by atoms with Crippen LogP contribution in [-0.2, 0) is 20.9 Å². The highest BCUT2D eigenvalue weighted by Gasteiger charge is 2.33. The van der Waals surface area contributed by atoms with Crippen LogP contribution in [0.2, 0.25) is 0 Å². The van der Waals surface area contributed by atoms with Crippen LogP contribution in [0.3, 0.4) is 0 Å². The number of benzene rings is 1. The van der Waals surface area contributed by atoms with Gasteiger partial charge in [-0.15, -0.1) is 0 Å². The molecule has 0 aliphatic carbocycles. The zero-order valence-corrected chi connectivity index (χ0v) is 18.0. The molecule has 1 fully saturated rings. The summed E-state index contributed by atoms with van der Waals surface area (Å²) in [7, 11) is -2.42. The second kappa shape index (κ2) is 9.43. The molecule has 1 aliphatic heterocycles. The van der Waals surface area contributed by atoms with Crippen molar-refractivity contribution in [1.29, 1.82) is 0 Å². The number of pyridine rings is 1. The van der Waals surface area contributed by atoms with Crippen molar-refractivity contribution in [1.82, 2.24) is 4.98 Å². The van der Waals surface area contributed by atoms with E-state index in [0.29, 0.717) is 25.7 Å². The van der Waals surface area contributed by atoms with Gasteiger partial charge in [-0.05, 0) is 43.5 Å². The van der Waals surface area contributed by atoms with Gasteiger partial charge < -0.3 is 15.0 Å². The molecule has 2 heterocycles. The van der Waals surface area contributed by atoms with E-state index in [1.165, 1.54) is 18.2 Å². The Morgan fingerprint density at radius 2 is 2.00 bits per heavy atom. The number of rotatable bonds is 5. The Bertz CT molecular complexity index is 1090. The first-order valence-electron chi connectivity index (χ1n) is 9.78. The maximum Gasteiger partial charge on any atom is 0.417 e. The van der Waals surface area contributed by atoms with Gasteiger partial charge in [-0.25, -0.2) is 18.5 Å². The zero-order chi connectivity index (χ0) is 23.5. The molecule has 0 radical (unpaired) electrons. The third-order valence-corrected chi connectivity index (χ3v) is 6.08. The van der Waals surface area contributed by atoms with Gasteiger partial charge in [0.05, 0.1) is 22.1 Å². The van der Waals surface area contributed by atoms with Crippen LogP contribution >= 0.6 is 0 Å². The van der Waals surface area contributed by atoms with Crippen molar-refractivity contribution in [3.8, 4) is 0 Å². The van der Waals surface area contributed by atoms with E-state index in [2.05, 4.69) is 10.3 Å². The lowest BCUT2D eigenvalue weighted by Crippen LogP contribution is -2.29. The van der Waals surface area contributed by atoms with Crippen LogP contribution in [0.25, 0.3) is 0 Å². The highest BCUT2D eigenvalue weighted by Crippen LogP contribution is 2.32. The molecule has 1 aliphatic rings. The molecule has 3 rings (SSSR count). The van der Waals surface area contributed by atoms with E-state index in [-0.39, 0.29) is 28.1 Å². The van der Waals surface area contributed by atoms with Crippen LogP contribution in [-0.4, -0.2) is 45.6 Å². The third kappa shape index (κ3) is 5.75. The maximum absolute atomic E-state index is 13.3. The molecule has 0 saturated carbocycles. The summed E-state index contributed by atoms with van der Waals surface area (Å²) in [5.74, 6) is -0.729. The van der Waals surface area contributed by atoms with Gasteiger partial charge in [0.15, 0.2) is 0 Å². The summed E-state index contributed by atoms with van der Waals surface area (Å²) < 4.78 is 68.4. The van der Waals surface area contributed by atoms with Gasteiger partial charge in [0.2, 0.25) is 10.0 Å². The van der Waals surface area contributed by atoms with Crippen LogP contribution in [0, 0.1) is 0 Å². The van der Waals surface area contributed by atoms with E-state index in [1.807, 2.05) is 0 Å². The number of carbonyl (C=O) groups excluding carboxylic acids is 1. The molecular weight excluding hydrogens is 449 g/mol. The van der Waals surface area contributed by atoms with Gasteiger partial charge in [0, 0.05) is 32.1 Å². The minimum absolute atomic E-state index is 0.0210. The van der Waals surface area contributed by atoms with Gasteiger partial charge in [0.1, 0.15) is 5.82 Å². The number of methoxy groups -OCH3 is 1. The first-order valence-corrected chi connectivity index (χ1v) is 11.3. The van der Waals surface area contributed by atoms with E-state index >= 15 is 0 Å². The number of anilines is 2. The Hall–Kier alpha value is -2.70.